The third-order valence-electron chi connectivity index (χ3n) is 5.52. The Balaban J connectivity index is 2.01. The molecule has 1 saturated carbocycles. The van der Waals surface area contributed by atoms with Crippen molar-refractivity contribution in [1.82, 2.24) is 5.32 Å². The number of hydrogen-bond acceptors (Lipinski definition) is 3. The number of nitrogens with zero attached hydrogens (tertiary/aromatic N) is 1. The molecule has 3 nitrogen and oxygen atoms in total. The van der Waals surface area contributed by atoms with Crippen LogP contribution in [0, 0.1) is 17.2 Å². The lowest BCUT2D eigenvalue weighted by molar-refractivity contribution is -0.119. The van der Waals surface area contributed by atoms with Gasteiger partial charge in [-0.1, -0.05) is 32.3 Å². The summed E-state index contributed by atoms with van der Waals surface area (Å²) in [6.45, 7) is 6.41. The molecule has 1 aliphatic heterocycles. The lowest BCUT2D eigenvalue weighted by Crippen LogP contribution is -2.44. The molecule has 0 saturated heterocycles. The first-order valence-corrected chi connectivity index (χ1v) is 9.53. The minimum atomic E-state index is -0.0924. The summed E-state index contributed by atoms with van der Waals surface area (Å²) in [5, 5.41) is 13.0. The fourth-order valence-electron chi connectivity index (χ4n) is 4.20. The van der Waals surface area contributed by atoms with Crippen LogP contribution in [0.15, 0.2) is 18.2 Å². The van der Waals surface area contributed by atoms with E-state index >= 15 is 0 Å². The van der Waals surface area contributed by atoms with Crippen LogP contribution in [0.2, 0.25) is 0 Å². The Kier molecular flexibility index (Phi) is 4.99. The van der Waals surface area contributed by atoms with Crippen molar-refractivity contribution in [2.45, 2.75) is 71.3 Å². The Morgan fingerprint density at radius 3 is 2.68 bits per heavy atom. The van der Waals surface area contributed by atoms with Gasteiger partial charge in [0.1, 0.15) is 0 Å². The van der Waals surface area contributed by atoms with Crippen molar-refractivity contribution in [2.24, 2.45) is 5.92 Å². The number of benzene rings is 1. The van der Waals surface area contributed by atoms with E-state index in [1.165, 1.54) is 12.0 Å². The van der Waals surface area contributed by atoms with Crippen molar-refractivity contribution in [3.8, 4) is 6.07 Å². The fourth-order valence-corrected chi connectivity index (χ4v) is 4.20. The highest BCUT2D eigenvalue weighted by Gasteiger charge is 2.30. The van der Waals surface area contributed by atoms with Crippen molar-refractivity contribution in [1.29, 1.82) is 5.26 Å². The third kappa shape index (κ3) is 3.79. The largest absolute Gasteiger partial charge is 0.379 e. The molecule has 1 fully saturated rings. The maximum Gasteiger partial charge on any atom is 0.160 e. The summed E-state index contributed by atoms with van der Waals surface area (Å²) < 4.78 is 0. The number of nitriles is 1. The minimum Gasteiger partial charge on any atom is -0.379 e. The lowest BCUT2D eigenvalue weighted by atomic mass is 9.81. The van der Waals surface area contributed by atoms with Crippen molar-refractivity contribution < 1.29 is 4.79 Å². The van der Waals surface area contributed by atoms with Gasteiger partial charge < -0.3 is 5.32 Å². The molecule has 0 aromatic heterocycles. The summed E-state index contributed by atoms with van der Waals surface area (Å²) in [5.41, 5.74) is 4.88. The Morgan fingerprint density at radius 1 is 1.32 bits per heavy atom. The predicted octanol–water partition coefficient (Wildman–Crippen LogP) is 4.54. The molecule has 0 spiro atoms. The van der Waals surface area contributed by atoms with Gasteiger partial charge in [-0.05, 0) is 56.7 Å². The van der Waals surface area contributed by atoms with Gasteiger partial charge in [-0.3, -0.25) is 4.79 Å². The zero-order valence-electron chi connectivity index (χ0n) is 15.6. The molecule has 2 aliphatic rings. The highest BCUT2D eigenvalue weighted by Crippen LogP contribution is 2.33. The maximum absolute atomic E-state index is 12.8. The molecule has 0 unspecified atom stereocenters. The molecule has 0 atom stereocenters. The summed E-state index contributed by atoms with van der Waals surface area (Å²) >= 11 is 0. The Labute approximate surface area is 151 Å². The molecule has 0 amide bonds. The van der Waals surface area contributed by atoms with Gasteiger partial charge in [-0.15, -0.1) is 0 Å². The van der Waals surface area contributed by atoms with Gasteiger partial charge in [0, 0.05) is 28.8 Å². The second kappa shape index (κ2) is 7.04. The van der Waals surface area contributed by atoms with E-state index in [0.717, 1.165) is 60.9 Å². The van der Waals surface area contributed by atoms with Crippen LogP contribution in [0.3, 0.4) is 0 Å². The number of ketones is 1. The molecule has 3 heteroatoms. The second-order valence-corrected chi connectivity index (χ2v) is 8.11. The monoisotopic (exact) mass is 336 g/mol. The predicted molar refractivity (Wildman–Crippen MR) is 101 cm³/mol. The van der Waals surface area contributed by atoms with Crippen molar-refractivity contribution in [3.63, 3.8) is 0 Å². The van der Waals surface area contributed by atoms with E-state index in [4.69, 9.17) is 0 Å². The summed E-state index contributed by atoms with van der Waals surface area (Å²) in [4.78, 5) is 12.8. The molecule has 1 heterocycles. The van der Waals surface area contributed by atoms with Crippen LogP contribution in [0.25, 0.3) is 5.70 Å². The zero-order valence-corrected chi connectivity index (χ0v) is 15.6. The molecule has 1 aromatic carbocycles. The van der Waals surface area contributed by atoms with Gasteiger partial charge in [0.25, 0.3) is 0 Å². The molecule has 0 radical (unpaired) electrons. The number of carbonyl (C=O) groups is 1. The summed E-state index contributed by atoms with van der Waals surface area (Å²) in [7, 11) is 0. The highest BCUT2D eigenvalue weighted by atomic mass is 16.1. The second-order valence-electron chi connectivity index (χ2n) is 8.11. The molecule has 132 valence electrons. The lowest BCUT2D eigenvalue weighted by Gasteiger charge is -2.36. The van der Waals surface area contributed by atoms with Crippen LogP contribution in [0.1, 0.15) is 75.1 Å². The molecule has 0 bridgehead atoms. The van der Waals surface area contributed by atoms with Gasteiger partial charge in [-0.2, -0.15) is 5.26 Å². The Hall–Kier alpha value is -2.08. The number of hydrogen-bond donors (Lipinski definition) is 1. The number of allylic oxidation sites excluding steroid dienone is 1. The minimum absolute atomic E-state index is 0.0924. The molecule has 1 aliphatic carbocycles. The number of carbonyl (C=O) groups excluding carboxylic acids is 1. The Bertz CT molecular complexity index is 746. The first-order valence-electron chi connectivity index (χ1n) is 9.53. The van der Waals surface area contributed by atoms with Crippen LogP contribution in [0.5, 0.6) is 0 Å². The smallest absolute Gasteiger partial charge is 0.160 e. The number of fused-ring (bicyclic) bond motifs is 1. The molecule has 1 aromatic rings. The van der Waals surface area contributed by atoms with Crippen molar-refractivity contribution in [3.05, 3.63) is 40.5 Å². The van der Waals surface area contributed by atoms with Gasteiger partial charge in [-0.25, -0.2) is 0 Å². The van der Waals surface area contributed by atoms with Gasteiger partial charge >= 0.3 is 0 Å². The summed E-state index contributed by atoms with van der Waals surface area (Å²) in [5.74, 6) is 0.408. The average Bonchev–Trinajstić information content (AvgIpc) is 2.60. The first-order chi connectivity index (χ1) is 11.9. The number of nitrogens with one attached hydrogen (secondary N) is 1. The Morgan fingerprint density at radius 2 is 2.04 bits per heavy atom. The topological polar surface area (TPSA) is 52.9 Å². The third-order valence-corrected chi connectivity index (χ3v) is 5.52. The van der Waals surface area contributed by atoms with Gasteiger partial charge in [0.15, 0.2) is 5.78 Å². The van der Waals surface area contributed by atoms with E-state index in [2.05, 4.69) is 38.2 Å². The standard InChI is InChI=1S/C22H28N2O/c1-4-15-10-17-13-22(2,3)24-20(19(17)11-18(15)14-23)12-21(25)16-8-6-5-7-9-16/h10-12,16,24H,4-9,13H2,1-3H3/b20-12-. The van der Waals surface area contributed by atoms with Crippen LogP contribution < -0.4 is 5.32 Å². The summed E-state index contributed by atoms with van der Waals surface area (Å²) in [6, 6.07) is 6.45. The van der Waals surface area contributed by atoms with Gasteiger partial charge in [0.05, 0.1) is 11.6 Å². The van der Waals surface area contributed by atoms with Gasteiger partial charge in [0.2, 0.25) is 0 Å². The van der Waals surface area contributed by atoms with E-state index in [0.29, 0.717) is 0 Å². The van der Waals surface area contributed by atoms with Crippen LogP contribution in [-0.2, 0) is 17.6 Å². The maximum atomic E-state index is 12.8. The molecular weight excluding hydrogens is 308 g/mol. The van der Waals surface area contributed by atoms with E-state index in [9.17, 15) is 10.1 Å². The van der Waals surface area contributed by atoms with E-state index < -0.39 is 0 Å². The zero-order chi connectivity index (χ0) is 18.0. The first kappa shape index (κ1) is 17.7. The van der Waals surface area contributed by atoms with Crippen molar-refractivity contribution in [2.75, 3.05) is 0 Å². The molecule has 3 rings (SSSR count). The average molecular weight is 336 g/mol. The van der Waals surface area contributed by atoms with E-state index in [1.807, 2.05) is 12.1 Å². The quantitative estimate of drug-likeness (QED) is 0.825. The SMILES string of the molecule is CCc1cc2c(cc1C#N)/C(=C/C(=O)C1CCCCC1)NC(C)(C)C2. The van der Waals surface area contributed by atoms with E-state index in [1.54, 1.807) is 0 Å². The van der Waals surface area contributed by atoms with Crippen LogP contribution in [-0.4, -0.2) is 11.3 Å². The molecule has 1 N–H and O–H groups in total. The van der Waals surface area contributed by atoms with Crippen LogP contribution >= 0.6 is 0 Å². The van der Waals surface area contributed by atoms with E-state index in [-0.39, 0.29) is 17.2 Å². The number of rotatable bonds is 3. The van der Waals surface area contributed by atoms with Crippen molar-refractivity contribution >= 4 is 11.5 Å². The molecule has 25 heavy (non-hydrogen) atoms. The highest BCUT2D eigenvalue weighted by molar-refractivity contribution is 5.98. The fraction of sp³-hybridized carbons (Fsp3) is 0.545. The van der Waals surface area contributed by atoms with Crippen LogP contribution in [0.4, 0.5) is 0 Å². The summed E-state index contributed by atoms with van der Waals surface area (Å²) in [6.07, 6.45) is 9.15. The molecular formula is C22H28N2O. The number of aryl methyl sites for hydroxylation is 1. The normalized spacial score (nSPS) is 21.3.